The molecule has 0 aliphatic carbocycles. The molecule has 0 atom stereocenters. The van der Waals surface area contributed by atoms with Crippen molar-refractivity contribution in [3.8, 4) is 0 Å². The van der Waals surface area contributed by atoms with Gasteiger partial charge in [0.25, 0.3) is 0 Å². The minimum absolute atomic E-state index is 0.127. The molecule has 0 saturated heterocycles. The van der Waals surface area contributed by atoms with E-state index in [0.717, 1.165) is 9.13 Å². The highest BCUT2D eigenvalue weighted by atomic mass is 35.5. The summed E-state index contributed by atoms with van der Waals surface area (Å²) in [7, 11) is 0. The van der Waals surface area contributed by atoms with E-state index in [-0.39, 0.29) is 41.9 Å². The van der Waals surface area contributed by atoms with Crippen LogP contribution in [0.4, 0.5) is 24.8 Å². The summed E-state index contributed by atoms with van der Waals surface area (Å²) in [6.45, 7) is -0.695. The van der Waals surface area contributed by atoms with Gasteiger partial charge in [-0.3, -0.25) is 14.2 Å². The number of anilines is 2. The monoisotopic (exact) mass is 557 g/mol. The number of fused-ring (bicyclic) bond motifs is 1. The van der Waals surface area contributed by atoms with Crippen LogP contribution < -0.4 is 16.7 Å². The van der Waals surface area contributed by atoms with Crippen LogP contribution in [0, 0.1) is 17.5 Å². The number of rotatable bonds is 8. The second kappa shape index (κ2) is 10.7. The molecule has 0 amide bonds. The molecule has 10 nitrogen and oxygen atoms in total. The van der Waals surface area contributed by atoms with Crippen molar-refractivity contribution in [2.45, 2.75) is 19.6 Å². The van der Waals surface area contributed by atoms with E-state index in [1.165, 1.54) is 16.9 Å². The van der Waals surface area contributed by atoms with Crippen LogP contribution in [0.5, 0.6) is 0 Å². The largest absolute Gasteiger partial charge is 0.394 e. The molecule has 5 rings (SSSR count). The van der Waals surface area contributed by atoms with E-state index in [1.54, 1.807) is 30.5 Å². The highest BCUT2D eigenvalue weighted by Crippen LogP contribution is 2.29. The molecule has 14 heteroatoms. The second-order valence-electron chi connectivity index (χ2n) is 8.48. The maximum absolute atomic E-state index is 14.5. The fourth-order valence-corrected chi connectivity index (χ4v) is 4.15. The molecule has 0 aliphatic heterocycles. The first-order valence-electron chi connectivity index (χ1n) is 11.5. The number of nitrogens with one attached hydrogen (secondary N) is 1. The molecule has 0 radical (unpaired) electrons. The summed E-state index contributed by atoms with van der Waals surface area (Å²) in [5.41, 5.74) is -1.03. The van der Waals surface area contributed by atoms with E-state index in [1.807, 2.05) is 0 Å². The lowest BCUT2D eigenvalue weighted by Crippen LogP contribution is -2.43. The topological polar surface area (TPSA) is 120 Å². The van der Waals surface area contributed by atoms with Gasteiger partial charge in [0.1, 0.15) is 5.82 Å². The van der Waals surface area contributed by atoms with Gasteiger partial charge < -0.3 is 10.4 Å². The number of aliphatic hydroxyl groups is 1. The first-order valence-corrected chi connectivity index (χ1v) is 11.9. The molecule has 3 heterocycles. The van der Waals surface area contributed by atoms with Crippen molar-refractivity contribution in [3.05, 3.63) is 110 Å². The van der Waals surface area contributed by atoms with Crippen molar-refractivity contribution < 1.29 is 18.3 Å². The van der Waals surface area contributed by atoms with Crippen LogP contribution in [0.25, 0.3) is 10.9 Å². The number of hydrogen-bond acceptors (Lipinski definition) is 7. The molecular weight excluding hydrogens is 539 g/mol. The Balaban J connectivity index is 1.62. The maximum Gasteiger partial charge on any atom is 0.355 e. The van der Waals surface area contributed by atoms with Crippen molar-refractivity contribution in [3.63, 3.8) is 0 Å². The number of nitrogens with zero attached hydrogens (tertiary/aromatic N) is 6. The molecule has 39 heavy (non-hydrogen) atoms. The fourth-order valence-electron chi connectivity index (χ4n) is 3.94. The van der Waals surface area contributed by atoms with Gasteiger partial charge in [-0.05, 0) is 30.3 Å². The van der Waals surface area contributed by atoms with Gasteiger partial charge in [0.15, 0.2) is 11.6 Å². The Hall–Kier alpha value is -4.49. The van der Waals surface area contributed by atoms with E-state index in [0.29, 0.717) is 28.7 Å². The van der Waals surface area contributed by atoms with E-state index in [4.69, 9.17) is 11.6 Å². The summed E-state index contributed by atoms with van der Waals surface area (Å²) in [5, 5.41) is 17.1. The Bertz CT molecular complexity index is 1810. The fraction of sp³-hybridized carbons (Fsp3) is 0.160. The molecule has 0 saturated carbocycles. The van der Waals surface area contributed by atoms with Crippen LogP contribution in [0.1, 0.15) is 11.3 Å². The smallest absolute Gasteiger partial charge is 0.355 e. The Morgan fingerprint density at radius 2 is 1.77 bits per heavy atom. The minimum atomic E-state index is -1.39. The van der Waals surface area contributed by atoms with Crippen molar-refractivity contribution in [2.24, 2.45) is 0 Å². The predicted molar refractivity (Wildman–Crippen MR) is 137 cm³/mol. The summed E-state index contributed by atoms with van der Waals surface area (Å²) < 4.78 is 45.2. The molecule has 3 aromatic heterocycles. The molecule has 0 fully saturated rings. The zero-order valence-electron chi connectivity index (χ0n) is 20.0. The molecule has 5 aromatic rings. The van der Waals surface area contributed by atoms with Gasteiger partial charge in [-0.25, -0.2) is 27.3 Å². The van der Waals surface area contributed by atoms with Crippen molar-refractivity contribution in [2.75, 3.05) is 11.9 Å². The van der Waals surface area contributed by atoms with Crippen LogP contribution in [0.3, 0.4) is 0 Å². The zero-order chi connectivity index (χ0) is 27.7. The summed E-state index contributed by atoms with van der Waals surface area (Å²) in [5.74, 6) is -4.10. The third-order valence-corrected chi connectivity index (χ3v) is 6.14. The molecule has 0 bridgehead atoms. The highest BCUT2D eigenvalue weighted by Gasteiger charge is 2.19. The number of benzene rings is 2. The Kier molecular flexibility index (Phi) is 7.17. The van der Waals surface area contributed by atoms with Crippen LogP contribution in [-0.2, 0) is 19.6 Å². The minimum Gasteiger partial charge on any atom is -0.394 e. The molecule has 0 spiro atoms. The molecule has 2 N–H and O–H groups in total. The maximum atomic E-state index is 14.5. The lowest BCUT2D eigenvalue weighted by atomic mass is 10.2. The number of aromatic nitrogens is 6. The molecular formula is C25H19ClF3N7O3. The van der Waals surface area contributed by atoms with Crippen molar-refractivity contribution in [1.29, 1.82) is 0 Å². The summed E-state index contributed by atoms with van der Waals surface area (Å²) in [6.07, 6.45) is 3.15. The van der Waals surface area contributed by atoms with Crippen LogP contribution in [0.15, 0.2) is 64.4 Å². The first-order chi connectivity index (χ1) is 18.7. The van der Waals surface area contributed by atoms with E-state index in [2.05, 4.69) is 20.4 Å². The lowest BCUT2D eigenvalue weighted by Gasteiger charge is -2.16. The lowest BCUT2D eigenvalue weighted by molar-refractivity contribution is 0.270. The van der Waals surface area contributed by atoms with Crippen molar-refractivity contribution in [1.82, 2.24) is 28.9 Å². The molecule has 0 unspecified atom stereocenters. The number of pyridine rings is 1. The quantitative estimate of drug-likeness (QED) is 0.281. The summed E-state index contributed by atoms with van der Waals surface area (Å²) >= 11 is 6.41. The number of hydrogen-bond donors (Lipinski definition) is 2. The average Bonchev–Trinajstić information content (AvgIpc) is 3.29. The summed E-state index contributed by atoms with van der Waals surface area (Å²) in [6, 6.07) is 9.06. The van der Waals surface area contributed by atoms with Crippen molar-refractivity contribution >= 4 is 34.1 Å². The summed E-state index contributed by atoms with van der Waals surface area (Å²) in [4.78, 5) is 34.5. The van der Waals surface area contributed by atoms with E-state index in [9.17, 15) is 27.9 Å². The van der Waals surface area contributed by atoms with Gasteiger partial charge >= 0.3 is 11.4 Å². The van der Waals surface area contributed by atoms with Crippen LogP contribution in [0.2, 0.25) is 5.02 Å². The third-order valence-electron chi connectivity index (χ3n) is 5.83. The molecule has 2 aromatic carbocycles. The second-order valence-corrected chi connectivity index (χ2v) is 8.89. The first kappa shape index (κ1) is 26.1. The third kappa shape index (κ3) is 5.40. The average molecular weight is 558 g/mol. The standard InChI is InChI=1S/C25H19ClF3N7O3/c26-17-9-21-15(11-34(33-21)5-6-37)8-22(17)31-23-32-24(38)36(13-16-3-1-2-4-30-16)25(39)35(23)12-14-7-19(28)20(29)10-18(14)27/h1-4,7-11,37H,5-6,12-13H2,(H,31,32,38). The van der Waals surface area contributed by atoms with Gasteiger partial charge in [-0.15, -0.1) is 0 Å². The number of halogens is 4. The zero-order valence-corrected chi connectivity index (χ0v) is 20.7. The Labute approximate surface area is 222 Å². The van der Waals surface area contributed by atoms with Gasteiger partial charge in [0.2, 0.25) is 5.95 Å². The SMILES string of the molecule is O=c1nc(Nc2cc3cn(CCO)nc3cc2Cl)n(Cc2cc(F)c(F)cc2F)c(=O)n1Cc1ccccn1. The van der Waals surface area contributed by atoms with E-state index >= 15 is 0 Å². The number of aliphatic hydroxyl groups excluding tert-OH is 1. The van der Waals surface area contributed by atoms with E-state index < -0.39 is 35.4 Å². The normalized spacial score (nSPS) is 11.3. The Morgan fingerprint density at radius 3 is 2.51 bits per heavy atom. The van der Waals surface area contributed by atoms with Gasteiger partial charge in [0.05, 0.1) is 48.2 Å². The van der Waals surface area contributed by atoms with Crippen LogP contribution >= 0.6 is 11.6 Å². The van der Waals surface area contributed by atoms with Gasteiger partial charge in [-0.2, -0.15) is 10.1 Å². The molecule has 200 valence electrons. The highest BCUT2D eigenvalue weighted by molar-refractivity contribution is 6.34. The van der Waals surface area contributed by atoms with Gasteiger partial charge in [0, 0.05) is 29.4 Å². The predicted octanol–water partition coefficient (Wildman–Crippen LogP) is 3.05. The van der Waals surface area contributed by atoms with Crippen LogP contribution in [-0.4, -0.2) is 40.6 Å². The molecule has 0 aliphatic rings. The Morgan fingerprint density at radius 1 is 0.974 bits per heavy atom. The van der Waals surface area contributed by atoms with Gasteiger partial charge in [-0.1, -0.05) is 17.7 Å².